The zero-order valence-corrected chi connectivity index (χ0v) is 11.6. The fourth-order valence-corrected chi connectivity index (χ4v) is 2.01. The summed E-state index contributed by atoms with van der Waals surface area (Å²) in [6, 6.07) is 6.15. The second-order valence-corrected chi connectivity index (χ2v) is 4.35. The summed E-state index contributed by atoms with van der Waals surface area (Å²) in [4.78, 5) is 8.48. The largest absolute Gasteiger partial charge is 0.495 e. The van der Waals surface area contributed by atoms with Crippen molar-refractivity contribution in [1.82, 2.24) is 15.3 Å². The Bertz CT molecular complexity index is 562. The van der Waals surface area contributed by atoms with Crippen molar-refractivity contribution in [3.8, 4) is 5.75 Å². The number of pyridine rings is 2. The molecule has 0 spiro atoms. The molecule has 106 valence electrons. The highest BCUT2D eigenvalue weighted by Gasteiger charge is 2.23. The van der Waals surface area contributed by atoms with Crippen molar-refractivity contribution in [2.45, 2.75) is 19.4 Å². The van der Waals surface area contributed by atoms with Gasteiger partial charge < -0.3 is 10.1 Å². The average molecular weight is 275 g/mol. The van der Waals surface area contributed by atoms with E-state index in [1.807, 2.05) is 6.07 Å². The Balaban J connectivity index is 2.44. The maximum Gasteiger partial charge on any atom is 0.146 e. The number of nitrogens with zero attached hydrogens (tertiary/aromatic N) is 2. The first-order chi connectivity index (χ1) is 9.77. The van der Waals surface area contributed by atoms with Crippen LogP contribution in [0, 0.1) is 5.82 Å². The van der Waals surface area contributed by atoms with Gasteiger partial charge in [0.1, 0.15) is 17.3 Å². The molecule has 5 heteroatoms. The van der Waals surface area contributed by atoms with E-state index in [1.165, 1.54) is 6.07 Å². The maximum atomic E-state index is 14.0. The van der Waals surface area contributed by atoms with Crippen molar-refractivity contribution in [2.75, 3.05) is 13.7 Å². The molecule has 1 atom stereocenters. The first-order valence-corrected chi connectivity index (χ1v) is 6.60. The molecule has 2 aromatic rings. The highest BCUT2D eigenvalue weighted by atomic mass is 19.1. The highest BCUT2D eigenvalue weighted by Crippen LogP contribution is 2.28. The molecule has 0 aliphatic rings. The van der Waals surface area contributed by atoms with Gasteiger partial charge in [-0.25, -0.2) is 4.39 Å². The van der Waals surface area contributed by atoms with Gasteiger partial charge in [0.05, 0.1) is 18.8 Å². The minimum Gasteiger partial charge on any atom is -0.495 e. The van der Waals surface area contributed by atoms with Crippen molar-refractivity contribution in [3.63, 3.8) is 0 Å². The summed E-state index contributed by atoms with van der Waals surface area (Å²) >= 11 is 0. The van der Waals surface area contributed by atoms with Crippen LogP contribution in [-0.2, 0) is 0 Å². The second kappa shape index (κ2) is 6.96. The third kappa shape index (κ3) is 3.11. The lowest BCUT2D eigenvalue weighted by molar-refractivity contribution is 0.397. The molecular weight excluding hydrogens is 257 g/mol. The molecule has 0 aromatic carbocycles. The molecule has 1 N–H and O–H groups in total. The number of rotatable bonds is 6. The number of ether oxygens (including phenoxy) is 1. The molecule has 0 amide bonds. The molecule has 0 aliphatic carbocycles. The topological polar surface area (TPSA) is 47.0 Å². The van der Waals surface area contributed by atoms with Crippen molar-refractivity contribution < 1.29 is 9.13 Å². The van der Waals surface area contributed by atoms with Crippen molar-refractivity contribution in [3.05, 3.63) is 53.9 Å². The van der Waals surface area contributed by atoms with Crippen LogP contribution in [0.5, 0.6) is 5.75 Å². The van der Waals surface area contributed by atoms with Crippen LogP contribution < -0.4 is 10.1 Å². The zero-order valence-electron chi connectivity index (χ0n) is 11.6. The Kier molecular flexibility index (Phi) is 5.01. The van der Waals surface area contributed by atoms with Crippen molar-refractivity contribution >= 4 is 0 Å². The molecule has 2 rings (SSSR count). The number of aromatic nitrogens is 2. The molecule has 0 radical (unpaired) electrons. The molecule has 2 heterocycles. The van der Waals surface area contributed by atoms with Gasteiger partial charge in [0.15, 0.2) is 0 Å². The van der Waals surface area contributed by atoms with Crippen LogP contribution in [0.25, 0.3) is 0 Å². The summed E-state index contributed by atoms with van der Waals surface area (Å²) in [5.41, 5.74) is 0.971. The Morgan fingerprint density at radius 2 is 1.90 bits per heavy atom. The van der Waals surface area contributed by atoms with E-state index in [4.69, 9.17) is 4.74 Å². The van der Waals surface area contributed by atoms with Gasteiger partial charge in [-0.05, 0) is 37.2 Å². The average Bonchev–Trinajstić information content (AvgIpc) is 2.49. The third-order valence-electron chi connectivity index (χ3n) is 2.95. The Labute approximate surface area is 118 Å². The lowest BCUT2D eigenvalue weighted by Gasteiger charge is -2.20. The van der Waals surface area contributed by atoms with Crippen LogP contribution in [-0.4, -0.2) is 23.6 Å². The van der Waals surface area contributed by atoms with Crippen LogP contribution in [0.2, 0.25) is 0 Å². The van der Waals surface area contributed by atoms with Crippen LogP contribution in [0.15, 0.2) is 36.7 Å². The fourth-order valence-electron chi connectivity index (χ4n) is 2.01. The monoisotopic (exact) mass is 275 g/mol. The van der Waals surface area contributed by atoms with Gasteiger partial charge in [0.2, 0.25) is 0 Å². The van der Waals surface area contributed by atoms with Gasteiger partial charge in [-0.3, -0.25) is 9.97 Å². The Morgan fingerprint density at radius 1 is 1.20 bits per heavy atom. The molecular formula is C15H18FN3O. The second-order valence-electron chi connectivity index (χ2n) is 4.35. The van der Waals surface area contributed by atoms with E-state index in [-0.39, 0.29) is 5.82 Å². The summed E-state index contributed by atoms with van der Waals surface area (Å²) in [6.07, 6.45) is 4.17. The van der Waals surface area contributed by atoms with Gasteiger partial charge >= 0.3 is 0 Å². The smallest absolute Gasteiger partial charge is 0.146 e. The quantitative estimate of drug-likeness (QED) is 0.880. The van der Waals surface area contributed by atoms with E-state index >= 15 is 0 Å². The minimum absolute atomic E-state index is 0.331. The van der Waals surface area contributed by atoms with Crippen LogP contribution in [0.4, 0.5) is 4.39 Å². The summed E-state index contributed by atoms with van der Waals surface area (Å²) < 4.78 is 19.3. The van der Waals surface area contributed by atoms with E-state index in [0.717, 1.165) is 13.0 Å². The summed E-state index contributed by atoms with van der Waals surface area (Å²) in [6.45, 7) is 2.79. The van der Waals surface area contributed by atoms with Gasteiger partial charge in [0.25, 0.3) is 0 Å². The van der Waals surface area contributed by atoms with E-state index in [9.17, 15) is 4.39 Å². The number of hydrogen-bond acceptors (Lipinski definition) is 4. The minimum atomic E-state index is -0.424. The molecule has 1 unspecified atom stereocenters. The highest BCUT2D eigenvalue weighted by molar-refractivity contribution is 5.34. The normalized spacial score (nSPS) is 12.2. The maximum absolute atomic E-state index is 14.0. The number of nitrogens with one attached hydrogen (secondary N) is 1. The predicted molar refractivity (Wildman–Crippen MR) is 75.1 cm³/mol. The van der Waals surface area contributed by atoms with Gasteiger partial charge in [-0.15, -0.1) is 0 Å². The zero-order chi connectivity index (χ0) is 14.4. The summed E-state index contributed by atoms with van der Waals surface area (Å²) in [5.74, 6) is 0.264. The first-order valence-electron chi connectivity index (χ1n) is 6.60. The fraction of sp³-hybridized carbons (Fsp3) is 0.333. The lowest BCUT2D eigenvalue weighted by atomic mass is 10.1. The van der Waals surface area contributed by atoms with Gasteiger partial charge in [-0.1, -0.05) is 6.92 Å². The van der Waals surface area contributed by atoms with Crippen molar-refractivity contribution in [2.24, 2.45) is 0 Å². The molecule has 0 fully saturated rings. The Hall–Kier alpha value is -2.01. The standard InChI is InChI=1S/C15H18FN3O/c1-3-8-17-15(13-11(16)6-4-9-18-13)14-12(20-2)7-5-10-19-14/h4-7,9-10,15,17H,3,8H2,1-2H3. The van der Waals surface area contributed by atoms with Crippen molar-refractivity contribution in [1.29, 1.82) is 0 Å². The van der Waals surface area contributed by atoms with E-state index in [2.05, 4.69) is 22.2 Å². The Morgan fingerprint density at radius 3 is 2.55 bits per heavy atom. The van der Waals surface area contributed by atoms with Crippen LogP contribution >= 0.6 is 0 Å². The molecule has 20 heavy (non-hydrogen) atoms. The number of halogens is 1. The predicted octanol–water partition coefficient (Wildman–Crippen LogP) is 2.71. The molecule has 0 bridgehead atoms. The molecule has 4 nitrogen and oxygen atoms in total. The third-order valence-corrected chi connectivity index (χ3v) is 2.95. The summed E-state index contributed by atoms with van der Waals surface area (Å²) in [5, 5.41) is 3.27. The molecule has 0 aliphatic heterocycles. The number of hydrogen-bond donors (Lipinski definition) is 1. The first kappa shape index (κ1) is 14.4. The molecule has 0 saturated carbocycles. The lowest BCUT2D eigenvalue weighted by Crippen LogP contribution is -2.26. The van der Waals surface area contributed by atoms with E-state index in [0.29, 0.717) is 17.1 Å². The summed E-state index contributed by atoms with van der Waals surface area (Å²) in [7, 11) is 1.58. The number of methoxy groups -OCH3 is 1. The van der Waals surface area contributed by atoms with Crippen LogP contribution in [0.1, 0.15) is 30.8 Å². The van der Waals surface area contributed by atoms with Crippen LogP contribution in [0.3, 0.4) is 0 Å². The van der Waals surface area contributed by atoms with E-state index in [1.54, 1.807) is 31.6 Å². The van der Waals surface area contributed by atoms with Gasteiger partial charge in [-0.2, -0.15) is 0 Å². The SMILES string of the molecule is CCCNC(c1ncccc1F)c1ncccc1OC. The van der Waals surface area contributed by atoms with E-state index < -0.39 is 6.04 Å². The molecule has 2 aromatic heterocycles. The molecule has 0 saturated heterocycles. The van der Waals surface area contributed by atoms with Gasteiger partial charge in [0, 0.05) is 12.4 Å².